The third-order valence-electron chi connectivity index (χ3n) is 5.18. The lowest BCUT2D eigenvalue weighted by molar-refractivity contribution is -0.148. The average Bonchev–Trinajstić information content (AvgIpc) is 3.26. The summed E-state index contributed by atoms with van der Waals surface area (Å²) in [5.41, 5.74) is 1.46. The van der Waals surface area contributed by atoms with Crippen molar-refractivity contribution in [3.8, 4) is 0 Å². The largest absolute Gasteiger partial charge is 0.468 e. The molecule has 1 saturated heterocycles. The van der Waals surface area contributed by atoms with E-state index in [1.807, 2.05) is 6.07 Å². The minimum atomic E-state index is -0.403. The quantitative estimate of drug-likeness (QED) is 0.646. The molecule has 0 spiro atoms. The molecule has 0 unspecified atom stereocenters. The van der Waals surface area contributed by atoms with Gasteiger partial charge in [-0.05, 0) is 55.8 Å². The number of ether oxygens (including phenoxy) is 1. The van der Waals surface area contributed by atoms with Crippen molar-refractivity contribution in [3.05, 3.63) is 53.2 Å². The van der Waals surface area contributed by atoms with Gasteiger partial charge in [0.25, 0.3) is 5.91 Å². The molecular weight excluding hydrogens is 363 g/mol. The van der Waals surface area contributed by atoms with E-state index < -0.39 is 5.82 Å². The molecule has 2 aromatic rings. The molecule has 7 heteroatoms. The number of hydrogen-bond donors (Lipinski definition) is 1. The average molecular weight is 384 g/mol. The first kappa shape index (κ1) is 18.4. The number of amides is 1. The van der Waals surface area contributed by atoms with E-state index in [4.69, 9.17) is 9.15 Å². The summed E-state index contributed by atoms with van der Waals surface area (Å²) in [6.07, 6.45) is 4.40. The normalized spacial score (nSPS) is 20.9. The van der Waals surface area contributed by atoms with Crippen molar-refractivity contribution in [1.82, 2.24) is 4.90 Å². The Hall–Kier alpha value is -2.93. The van der Waals surface area contributed by atoms with E-state index in [9.17, 15) is 14.0 Å². The van der Waals surface area contributed by atoms with Crippen molar-refractivity contribution >= 4 is 29.2 Å². The van der Waals surface area contributed by atoms with Crippen molar-refractivity contribution in [2.24, 2.45) is 0 Å². The molecule has 1 aromatic carbocycles. The molecular formula is C21H21FN2O4. The summed E-state index contributed by atoms with van der Waals surface area (Å²) in [4.78, 5) is 26.3. The fraction of sp³-hybridized carbons (Fsp3) is 0.333. The highest BCUT2D eigenvalue weighted by molar-refractivity contribution is 6.34. The zero-order valence-corrected chi connectivity index (χ0v) is 15.5. The molecule has 3 heterocycles. The molecule has 1 amide bonds. The number of furan rings is 1. The van der Waals surface area contributed by atoms with Gasteiger partial charge in [0.1, 0.15) is 23.4 Å². The molecule has 1 fully saturated rings. The number of esters is 1. The van der Waals surface area contributed by atoms with Gasteiger partial charge in [-0.3, -0.25) is 14.5 Å². The van der Waals surface area contributed by atoms with E-state index in [1.165, 1.54) is 19.2 Å². The molecule has 0 bridgehead atoms. The molecule has 0 saturated carbocycles. The maximum Gasteiger partial charge on any atom is 0.323 e. The van der Waals surface area contributed by atoms with E-state index in [1.54, 1.807) is 18.2 Å². The first-order valence-electron chi connectivity index (χ1n) is 9.29. The van der Waals surface area contributed by atoms with Gasteiger partial charge in [0.2, 0.25) is 0 Å². The Kier molecular flexibility index (Phi) is 5.00. The van der Waals surface area contributed by atoms with Crippen LogP contribution in [-0.4, -0.2) is 36.5 Å². The molecule has 0 radical (unpaired) electrons. The molecule has 0 aliphatic carbocycles. The van der Waals surface area contributed by atoms with Crippen LogP contribution < -0.4 is 5.32 Å². The number of nitrogens with zero attached hydrogens (tertiary/aromatic N) is 1. The molecule has 6 nitrogen and oxygen atoms in total. The molecule has 2 aliphatic heterocycles. The Morgan fingerprint density at radius 2 is 2.21 bits per heavy atom. The zero-order chi connectivity index (χ0) is 19.7. The van der Waals surface area contributed by atoms with Crippen LogP contribution in [0.4, 0.5) is 10.1 Å². The Morgan fingerprint density at radius 1 is 1.36 bits per heavy atom. The van der Waals surface area contributed by atoms with E-state index >= 15 is 0 Å². The predicted molar refractivity (Wildman–Crippen MR) is 102 cm³/mol. The standard InChI is InChI=1S/C21H21FN2O4/c1-27-21(26)19-4-2-3-9-24(19)12-15-7-6-14(28-15)11-17-16-10-13(22)5-8-18(16)23-20(17)25/h5-8,10-11,19H,2-4,9,12H2,1H3,(H,23,25)/b17-11+/t19-/m0/s1. The highest BCUT2D eigenvalue weighted by Crippen LogP contribution is 2.34. The van der Waals surface area contributed by atoms with Gasteiger partial charge in [-0.1, -0.05) is 6.42 Å². The van der Waals surface area contributed by atoms with Crippen LogP contribution >= 0.6 is 0 Å². The lowest BCUT2D eigenvalue weighted by Gasteiger charge is -2.32. The Balaban J connectivity index is 1.54. The van der Waals surface area contributed by atoms with Crippen molar-refractivity contribution in [1.29, 1.82) is 0 Å². The van der Waals surface area contributed by atoms with Crippen LogP contribution in [0.1, 0.15) is 36.3 Å². The summed E-state index contributed by atoms with van der Waals surface area (Å²) < 4.78 is 24.3. The van der Waals surface area contributed by atoms with E-state index in [0.717, 1.165) is 25.8 Å². The van der Waals surface area contributed by atoms with Gasteiger partial charge in [0, 0.05) is 11.3 Å². The molecule has 2 aliphatic rings. The Labute approximate surface area is 162 Å². The highest BCUT2D eigenvalue weighted by atomic mass is 19.1. The van der Waals surface area contributed by atoms with Crippen LogP contribution in [0.2, 0.25) is 0 Å². The van der Waals surface area contributed by atoms with Crippen LogP contribution in [0.3, 0.4) is 0 Å². The van der Waals surface area contributed by atoms with Crippen molar-refractivity contribution in [3.63, 3.8) is 0 Å². The van der Waals surface area contributed by atoms with Gasteiger partial charge in [-0.25, -0.2) is 4.39 Å². The van der Waals surface area contributed by atoms with Gasteiger partial charge >= 0.3 is 5.97 Å². The Bertz CT molecular complexity index is 950. The number of carbonyl (C=O) groups excluding carboxylic acids is 2. The van der Waals surface area contributed by atoms with Gasteiger partial charge in [0.15, 0.2) is 0 Å². The fourth-order valence-corrected chi connectivity index (χ4v) is 3.79. The van der Waals surface area contributed by atoms with Crippen LogP contribution in [0.15, 0.2) is 34.7 Å². The van der Waals surface area contributed by atoms with E-state index in [0.29, 0.717) is 34.9 Å². The third kappa shape index (κ3) is 3.57. The summed E-state index contributed by atoms with van der Waals surface area (Å²) in [5, 5.41) is 2.72. The summed E-state index contributed by atoms with van der Waals surface area (Å²) >= 11 is 0. The molecule has 1 aromatic heterocycles. The predicted octanol–water partition coefficient (Wildman–Crippen LogP) is 3.44. The minimum absolute atomic E-state index is 0.227. The molecule has 4 rings (SSSR count). The maximum atomic E-state index is 13.6. The summed E-state index contributed by atoms with van der Waals surface area (Å²) in [6.45, 7) is 1.28. The summed E-state index contributed by atoms with van der Waals surface area (Å²) in [5.74, 6) is 0.278. The summed E-state index contributed by atoms with van der Waals surface area (Å²) in [6, 6.07) is 7.51. The van der Waals surface area contributed by atoms with Crippen LogP contribution in [0.5, 0.6) is 0 Å². The SMILES string of the molecule is COC(=O)[C@@H]1CCCCN1Cc1ccc(/C=C2/C(=O)Nc3ccc(F)cc32)o1. The van der Waals surface area contributed by atoms with E-state index in [2.05, 4.69) is 10.2 Å². The third-order valence-corrected chi connectivity index (χ3v) is 5.18. The first-order chi connectivity index (χ1) is 13.5. The number of likely N-dealkylation sites (tertiary alicyclic amines) is 1. The van der Waals surface area contributed by atoms with E-state index in [-0.39, 0.29) is 17.9 Å². The number of fused-ring (bicyclic) bond motifs is 1. The van der Waals surface area contributed by atoms with Crippen molar-refractivity contribution in [2.45, 2.75) is 31.8 Å². The second-order valence-electron chi connectivity index (χ2n) is 7.01. The maximum absolute atomic E-state index is 13.6. The molecule has 28 heavy (non-hydrogen) atoms. The van der Waals surface area contributed by atoms with Gasteiger partial charge in [-0.15, -0.1) is 0 Å². The molecule has 146 valence electrons. The summed E-state index contributed by atoms with van der Waals surface area (Å²) in [7, 11) is 1.40. The smallest absolute Gasteiger partial charge is 0.323 e. The van der Waals surface area contributed by atoms with Gasteiger partial charge in [0.05, 0.1) is 19.2 Å². The second kappa shape index (κ2) is 7.59. The highest BCUT2D eigenvalue weighted by Gasteiger charge is 2.30. The van der Waals surface area contributed by atoms with Gasteiger partial charge < -0.3 is 14.5 Å². The number of hydrogen-bond acceptors (Lipinski definition) is 5. The molecule has 1 atom stereocenters. The Morgan fingerprint density at radius 3 is 3.04 bits per heavy atom. The van der Waals surface area contributed by atoms with Crippen molar-refractivity contribution < 1.29 is 23.1 Å². The fourth-order valence-electron chi connectivity index (χ4n) is 3.79. The number of methoxy groups -OCH3 is 1. The number of anilines is 1. The van der Waals surface area contributed by atoms with Crippen LogP contribution in [0, 0.1) is 5.82 Å². The number of piperidine rings is 1. The topological polar surface area (TPSA) is 71.8 Å². The number of halogens is 1. The lowest BCUT2D eigenvalue weighted by Crippen LogP contribution is -2.44. The lowest BCUT2D eigenvalue weighted by atomic mass is 10.0. The molecule has 1 N–H and O–H groups in total. The number of benzene rings is 1. The van der Waals surface area contributed by atoms with Crippen LogP contribution in [0.25, 0.3) is 11.6 Å². The number of rotatable bonds is 4. The number of carbonyl (C=O) groups is 2. The number of nitrogens with one attached hydrogen (secondary N) is 1. The van der Waals surface area contributed by atoms with Crippen LogP contribution in [-0.2, 0) is 20.9 Å². The van der Waals surface area contributed by atoms with Crippen molar-refractivity contribution in [2.75, 3.05) is 19.0 Å². The van der Waals surface area contributed by atoms with Gasteiger partial charge in [-0.2, -0.15) is 0 Å². The monoisotopic (exact) mass is 384 g/mol. The first-order valence-corrected chi connectivity index (χ1v) is 9.29. The minimum Gasteiger partial charge on any atom is -0.468 e. The second-order valence-corrected chi connectivity index (χ2v) is 7.01. The zero-order valence-electron chi connectivity index (χ0n) is 15.5.